The van der Waals surface area contributed by atoms with E-state index in [4.69, 9.17) is 9.47 Å². The van der Waals surface area contributed by atoms with Crippen molar-refractivity contribution in [2.24, 2.45) is 0 Å². The molecule has 0 fully saturated rings. The van der Waals surface area contributed by atoms with Gasteiger partial charge in [0.15, 0.2) is 5.57 Å². The van der Waals surface area contributed by atoms with Gasteiger partial charge in [-0.2, -0.15) is 0 Å². The topological polar surface area (TPSA) is 60.8 Å². The molecule has 1 heterocycles. The first-order chi connectivity index (χ1) is 9.10. The molecule has 104 valence electrons. The third-order valence-electron chi connectivity index (χ3n) is 2.26. The van der Waals surface area contributed by atoms with E-state index in [2.05, 4.69) is 0 Å². The first-order valence-electron chi connectivity index (χ1n) is 6.02. The SMILES string of the molecule is CCOC(=O)C(=CN(C)n1cccc1)C(=O)OCC. The molecule has 6 heteroatoms. The van der Waals surface area contributed by atoms with Gasteiger partial charge in [0.05, 0.1) is 13.2 Å². The summed E-state index contributed by atoms with van der Waals surface area (Å²) in [6, 6.07) is 3.66. The highest BCUT2D eigenvalue weighted by Gasteiger charge is 2.21. The highest BCUT2D eigenvalue weighted by Crippen LogP contribution is 2.04. The Bertz CT molecular complexity index is 431. The molecule has 1 rings (SSSR count). The van der Waals surface area contributed by atoms with E-state index in [0.717, 1.165) is 0 Å². The Morgan fingerprint density at radius 1 is 1.11 bits per heavy atom. The smallest absolute Gasteiger partial charge is 0.347 e. The number of carbonyl (C=O) groups is 2. The van der Waals surface area contributed by atoms with E-state index >= 15 is 0 Å². The summed E-state index contributed by atoms with van der Waals surface area (Å²) in [6.07, 6.45) is 4.95. The van der Waals surface area contributed by atoms with Crippen LogP contribution in [0.4, 0.5) is 0 Å². The van der Waals surface area contributed by atoms with E-state index < -0.39 is 11.9 Å². The highest BCUT2D eigenvalue weighted by atomic mass is 16.6. The van der Waals surface area contributed by atoms with E-state index in [1.54, 1.807) is 43.0 Å². The van der Waals surface area contributed by atoms with E-state index in [1.807, 2.05) is 12.1 Å². The average molecular weight is 266 g/mol. The fourth-order valence-corrected chi connectivity index (χ4v) is 1.40. The number of nitrogens with zero attached hydrogens (tertiary/aromatic N) is 2. The van der Waals surface area contributed by atoms with Gasteiger partial charge in [-0.05, 0) is 26.0 Å². The monoisotopic (exact) mass is 266 g/mol. The maximum absolute atomic E-state index is 11.7. The number of hydrogen-bond donors (Lipinski definition) is 0. The van der Waals surface area contributed by atoms with Crippen LogP contribution in [0.25, 0.3) is 0 Å². The van der Waals surface area contributed by atoms with Crippen LogP contribution in [0.1, 0.15) is 13.8 Å². The summed E-state index contributed by atoms with van der Waals surface area (Å²) in [5.41, 5.74) is -0.139. The fraction of sp³-hybridized carbons (Fsp3) is 0.385. The minimum absolute atomic E-state index is 0.139. The second-order valence-electron chi connectivity index (χ2n) is 3.62. The summed E-state index contributed by atoms with van der Waals surface area (Å²) in [5, 5.41) is 1.59. The van der Waals surface area contributed by atoms with Crippen LogP contribution in [0.15, 0.2) is 36.3 Å². The first kappa shape index (κ1) is 14.8. The zero-order valence-electron chi connectivity index (χ0n) is 11.3. The molecular formula is C13H18N2O4. The molecule has 1 aromatic rings. The minimum atomic E-state index is -0.694. The minimum Gasteiger partial charge on any atom is -0.462 e. The number of rotatable bonds is 6. The molecule has 0 aliphatic rings. The molecule has 19 heavy (non-hydrogen) atoms. The summed E-state index contributed by atoms with van der Waals surface area (Å²) in [7, 11) is 1.71. The van der Waals surface area contributed by atoms with Crippen molar-refractivity contribution in [2.45, 2.75) is 13.8 Å². The van der Waals surface area contributed by atoms with Crippen molar-refractivity contribution in [1.29, 1.82) is 0 Å². The zero-order valence-corrected chi connectivity index (χ0v) is 11.3. The molecule has 0 radical (unpaired) electrons. The molecule has 6 nitrogen and oxygen atoms in total. The molecule has 0 aliphatic heterocycles. The van der Waals surface area contributed by atoms with Gasteiger partial charge in [-0.1, -0.05) is 0 Å². The second-order valence-corrected chi connectivity index (χ2v) is 3.62. The molecule has 0 spiro atoms. The van der Waals surface area contributed by atoms with Gasteiger partial charge in [-0.25, -0.2) is 9.59 Å². The number of aromatic nitrogens is 1. The third-order valence-corrected chi connectivity index (χ3v) is 2.26. The summed E-state index contributed by atoms with van der Waals surface area (Å²) in [5.74, 6) is -1.39. The lowest BCUT2D eigenvalue weighted by atomic mass is 10.3. The predicted molar refractivity (Wildman–Crippen MR) is 69.9 cm³/mol. The summed E-state index contributed by atoms with van der Waals surface area (Å²) in [6.45, 7) is 3.75. The predicted octanol–water partition coefficient (Wildman–Crippen LogP) is 1.07. The molecule has 0 aromatic carbocycles. The van der Waals surface area contributed by atoms with E-state index in [0.29, 0.717) is 0 Å². The van der Waals surface area contributed by atoms with Gasteiger partial charge < -0.3 is 9.47 Å². The summed E-state index contributed by atoms with van der Waals surface area (Å²) >= 11 is 0. The Balaban J connectivity index is 2.94. The van der Waals surface area contributed by atoms with E-state index in [-0.39, 0.29) is 18.8 Å². The van der Waals surface area contributed by atoms with Crippen molar-refractivity contribution in [3.8, 4) is 0 Å². The third kappa shape index (κ3) is 4.17. The Hall–Kier alpha value is -2.24. The fourth-order valence-electron chi connectivity index (χ4n) is 1.40. The number of ether oxygens (including phenoxy) is 2. The van der Waals surface area contributed by atoms with Crippen LogP contribution in [-0.4, -0.2) is 36.9 Å². The van der Waals surface area contributed by atoms with Crippen molar-refractivity contribution in [1.82, 2.24) is 4.68 Å². The Morgan fingerprint density at radius 2 is 1.58 bits per heavy atom. The molecule has 0 N–H and O–H groups in total. The Kier molecular flexibility index (Phi) is 5.66. The lowest BCUT2D eigenvalue weighted by Gasteiger charge is -2.17. The van der Waals surface area contributed by atoms with Gasteiger partial charge in [0, 0.05) is 25.6 Å². The van der Waals surface area contributed by atoms with Gasteiger partial charge in [0.2, 0.25) is 0 Å². The summed E-state index contributed by atoms with van der Waals surface area (Å²) < 4.78 is 11.4. The van der Waals surface area contributed by atoms with Crippen molar-refractivity contribution in [3.05, 3.63) is 36.3 Å². The van der Waals surface area contributed by atoms with Gasteiger partial charge in [-0.3, -0.25) is 9.69 Å². The highest BCUT2D eigenvalue weighted by molar-refractivity contribution is 6.14. The Morgan fingerprint density at radius 3 is 2.00 bits per heavy atom. The van der Waals surface area contributed by atoms with Crippen LogP contribution in [0.2, 0.25) is 0 Å². The normalized spacial score (nSPS) is 9.63. The maximum atomic E-state index is 11.7. The van der Waals surface area contributed by atoms with Crippen molar-refractivity contribution >= 4 is 11.9 Å². The van der Waals surface area contributed by atoms with Crippen LogP contribution >= 0.6 is 0 Å². The van der Waals surface area contributed by atoms with Gasteiger partial charge in [0.25, 0.3) is 0 Å². The molecule has 0 amide bonds. The molecule has 0 unspecified atom stereocenters. The van der Waals surface area contributed by atoms with Crippen LogP contribution in [0, 0.1) is 0 Å². The maximum Gasteiger partial charge on any atom is 0.347 e. The van der Waals surface area contributed by atoms with Gasteiger partial charge in [-0.15, -0.1) is 0 Å². The van der Waals surface area contributed by atoms with Crippen molar-refractivity contribution in [2.75, 3.05) is 25.3 Å². The van der Waals surface area contributed by atoms with Crippen LogP contribution in [0.5, 0.6) is 0 Å². The average Bonchev–Trinajstić information content (AvgIpc) is 2.90. The first-order valence-corrected chi connectivity index (χ1v) is 6.02. The van der Waals surface area contributed by atoms with Gasteiger partial charge in [0.1, 0.15) is 0 Å². The van der Waals surface area contributed by atoms with Gasteiger partial charge >= 0.3 is 11.9 Å². The molecule has 0 saturated heterocycles. The molecule has 0 atom stereocenters. The number of carbonyl (C=O) groups excluding carboxylic acids is 2. The number of esters is 2. The van der Waals surface area contributed by atoms with E-state index in [1.165, 1.54) is 6.20 Å². The molecular weight excluding hydrogens is 248 g/mol. The summed E-state index contributed by atoms with van der Waals surface area (Å²) in [4.78, 5) is 23.5. The Labute approximate surface area is 112 Å². The second kappa shape index (κ2) is 7.25. The van der Waals surface area contributed by atoms with Crippen LogP contribution in [-0.2, 0) is 19.1 Å². The zero-order chi connectivity index (χ0) is 14.3. The largest absolute Gasteiger partial charge is 0.462 e. The van der Waals surface area contributed by atoms with Crippen molar-refractivity contribution in [3.63, 3.8) is 0 Å². The van der Waals surface area contributed by atoms with Crippen LogP contribution < -0.4 is 5.01 Å². The molecule has 0 aliphatic carbocycles. The van der Waals surface area contributed by atoms with Crippen molar-refractivity contribution < 1.29 is 19.1 Å². The number of hydrogen-bond acceptors (Lipinski definition) is 5. The quantitative estimate of drug-likeness (QED) is 0.333. The molecule has 0 saturated carbocycles. The van der Waals surface area contributed by atoms with Crippen LogP contribution in [0.3, 0.4) is 0 Å². The molecule has 1 aromatic heterocycles. The lowest BCUT2D eigenvalue weighted by Crippen LogP contribution is -2.27. The lowest BCUT2D eigenvalue weighted by molar-refractivity contribution is -0.146. The standard InChI is InChI=1S/C13H18N2O4/c1-4-18-12(16)11(13(17)19-5-2)10-14(3)15-8-6-7-9-15/h6-10H,4-5H2,1-3H3. The van der Waals surface area contributed by atoms with E-state index in [9.17, 15) is 9.59 Å². The molecule has 0 bridgehead atoms.